The molecular weight excluding hydrogens is 238 g/mol. The van der Waals surface area contributed by atoms with Crippen LogP contribution in [0.3, 0.4) is 0 Å². The van der Waals surface area contributed by atoms with Gasteiger partial charge in [-0.3, -0.25) is 9.59 Å². The van der Waals surface area contributed by atoms with E-state index >= 15 is 0 Å². The Morgan fingerprint density at radius 2 is 2.06 bits per heavy atom. The highest BCUT2D eigenvalue weighted by Gasteiger charge is 2.35. The fourth-order valence-electron chi connectivity index (χ4n) is 1.58. The Kier molecular flexibility index (Phi) is 7.42. The minimum absolute atomic E-state index is 0.0460. The minimum Gasteiger partial charge on any atom is -0.465 e. The molecular formula is C12H19NO5. The van der Waals surface area contributed by atoms with Crippen LogP contribution in [0.25, 0.3) is 0 Å². The number of piperidine rings is 1. The topological polar surface area (TPSA) is 72.9 Å². The Morgan fingerprint density at radius 3 is 2.56 bits per heavy atom. The second-order valence-electron chi connectivity index (χ2n) is 3.44. The molecule has 1 rings (SSSR count). The highest BCUT2D eigenvalue weighted by Crippen LogP contribution is 2.15. The number of rotatable bonds is 2. The first-order valence-electron chi connectivity index (χ1n) is 5.62. The lowest BCUT2D eigenvalue weighted by molar-refractivity contribution is -0.153. The number of Topliss-reactive ketones (excluding diaryl/α,β-unsaturated/α-hetero) is 1. The molecule has 0 spiro atoms. The summed E-state index contributed by atoms with van der Waals surface area (Å²) in [6, 6.07) is 0. The van der Waals surface area contributed by atoms with E-state index in [2.05, 4.69) is 17.9 Å². The summed E-state index contributed by atoms with van der Waals surface area (Å²) in [6.45, 7) is 8.23. The molecule has 0 aromatic carbocycles. The van der Waals surface area contributed by atoms with Crippen molar-refractivity contribution in [3.8, 4) is 0 Å². The molecule has 0 aromatic heterocycles. The smallest absolute Gasteiger partial charge is 0.409 e. The first kappa shape index (κ1) is 16.1. The maximum absolute atomic E-state index is 11.5. The van der Waals surface area contributed by atoms with Gasteiger partial charge in [0, 0.05) is 19.5 Å². The first-order chi connectivity index (χ1) is 8.60. The van der Waals surface area contributed by atoms with Crippen LogP contribution in [0.4, 0.5) is 4.79 Å². The zero-order valence-corrected chi connectivity index (χ0v) is 10.8. The molecule has 6 nitrogen and oxygen atoms in total. The highest BCUT2D eigenvalue weighted by atomic mass is 16.5. The number of ketones is 1. The van der Waals surface area contributed by atoms with Gasteiger partial charge in [0.05, 0.1) is 13.7 Å². The summed E-state index contributed by atoms with van der Waals surface area (Å²) < 4.78 is 9.31. The number of esters is 1. The summed E-state index contributed by atoms with van der Waals surface area (Å²) in [7, 11) is 1.26. The normalized spacial score (nSPS) is 18.4. The molecule has 1 saturated heterocycles. The molecule has 1 unspecified atom stereocenters. The fraction of sp³-hybridized carbons (Fsp3) is 0.583. The molecule has 102 valence electrons. The van der Waals surface area contributed by atoms with Crippen molar-refractivity contribution in [3.05, 3.63) is 13.2 Å². The van der Waals surface area contributed by atoms with Crippen LogP contribution in [0.5, 0.6) is 0 Å². The minimum atomic E-state index is -0.868. The van der Waals surface area contributed by atoms with E-state index in [-0.39, 0.29) is 25.4 Å². The Labute approximate surface area is 107 Å². The molecule has 1 fully saturated rings. The lowest BCUT2D eigenvalue weighted by Gasteiger charge is -2.29. The molecule has 6 heteroatoms. The summed E-state index contributed by atoms with van der Waals surface area (Å²) in [6.07, 6.45) is -0.361. The molecule has 0 radical (unpaired) electrons. The molecule has 1 aliphatic heterocycles. The summed E-state index contributed by atoms with van der Waals surface area (Å²) in [5.74, 6) is -1.62. The Hall–Kier alpha value is -1.85. The van der Waals surface area contributed by atoms with Gasteiger partial charge >= 0.3 is 12.1 Å². The maximum Gasteiger partial charge on any atom is 0.409 e. The van der Waals surface area contributed by atoms with Crippen LogP contribution in [-0.2, 0) is 19.1 Å². The number of methoxy groups -OCH3 is 1. The fourth-order valence-corrected chi connectivity index (χ4v) is 1.58. The Morgan fingerprint density at radius 1 is 1.44 bits per heavy atom. The van der Waals surface area contributed by atoms with Gasteiger partial charge in [0.25, 0.3) is 0 Å². The second-order valence-corrected chi connectivity index (χ2v) is 3.44. The van der Waals surface area contributed by atoms with Crippen molar-refractivity contribution in [1.29, 1.82) is 0 Å². The monoisotopic (exact) mass is 257 g/mol. The average molecular weight is 257 g/mol. The third-order valence-corrected chi connectivity index (χ3v) is 2.42. The van der Waals surface area contributed by atoms with Crippen LogP contribution >= 0.6 is 0 Å². The SMILES string of the molecule is C=C.CCOC(=O)C1CN(C(=O)OC)CCC1=O. The molecule has 1 atom stereocenters. The quantitative estimate of drug-likeness (QED) is 0.419. The molecule has 1 aliphatic rings. The zero-order valence-electron chi connectivity index (χ0n) is 10.8. The second kappa shape index (κ2) is 8.27. The lowest BCUT2D eigenvalue weighted by Crippen LogP contribution is -2.47. The van der Waals surface area contributed by atoms with Crippen LogP contribution in [0.2, 0.25) is 0 Å². The summed E-state index contributed by atoms with van der Waals surface area (Å²) in [5.41, 5.74) is 0. The van der Waals surface area contributed by atoms with Gasteiger partial charge in [-0.05, 0) is 6.92 Å². The van der Waals surface area contributed by atoms with Crippen LogP contribution < -0.4 is 0 Å². The number of carbonyl (C=O) groups excluding carboxylic acids is 3. The van der Waals surface area contributed by atoms with Crippen LogP contribution in [-0.4, -0.2) is 49.6 Å². The molecule has 0 N–H and O–H groups in total. The van der Waals surface area contributed by atoms with Gasteiger partial charge in [0.2, 0.25) is 0 Å². The van der Waals surface area contributed by atoms with Crippen molar-refractivity contribution >= 4 is 17.8 Å². The number of carbonyl (C=O) groups is 3. The van der Waals surface area contributed by atoms with E-state index in [9.17, 15) is 14.4 Å². The van der Waals surface area contributed by atoms with Crippen LogP contribution in [0.15, 0.2) is 13.2 Å². The third-order valence-electron chi connectivity index (χ3n) is 2.42. The lowest BCUT2D eigenvalue weighted by atomic mass is 9.97. The van der Waals surface area contributed by atoms with Crippen molar-refractivity contribution in [3.63, 3.8) is 0 Å². The zero-order chi connectivity index (χ0) is 14.1. The van der Waals surface area contributed by atoms with E-state index < -0.39 is 18.0 Å². The van der Waals surface area contributed by atoms with Crippen molar-refractivity contribution in [2.24, 2.45) is 5.92 Å². The molecule has 0 aromatic rings. The number of hydrogen-bond acceptors (Lipinski definition) is 5. The number of hydrogen-bond donors (Lipinski definition) is 0. The van der Waals surface area contributed by atoms with E-state index in [1.54, 1.807) is 6.92 Å². The van der Waals surface area contributed by atoms with E-state index in [0.717, 1.165) is 0 Å². The molecule has 0 saturated carbocycles. The predicted molar refractivity (Wildman–Crippen MR) is 65.0 cm³/mol. The van der Waals surface area contributed by atoms with Gasteiger partial charge in [-0.15, -0.1) is 13.2 Å². The molecule has 1 amide bonds. The maximum atomic E-state index is 11.5. The highest BCUT2D eigenvalue weighted by molar-refractivity contribution is 6.00. The number of likely N-dealkylation sites (tertiary alicyclic amines) is 1. The summed E-state index contributed by atoms with van der Waals surface area (Å²) >= 11 is 0. The van der Waals surface area contributed by atoms with Crippen LogP contribution in [0.1, 0.15) is 13.3 Å². The molecule has 18 heavy (non-hydrogen) atoms. The Bertz CT molecular complexity index is 316. The van der Waals surface area contributed by atoms with Gasteiger partial charge in [-0.25, -0.2) is 4.79 Å². The van der Waals surface area contributed by atoms with Gasteiger partial charge in [-0.2, -0.15) is 0 Å². The van der Waals surface area contributed by atoms with E-state index in [1.807, 2.05) is 0 Å². The summed E-state index contributed by atoms with van der Waals surface area (Å²) in [5, 5.41) is 0. The number of ether oxygens (including phenoxy) is 2. The number of amides is 1. The van der Waals surface area contributed by atoms with Gasteiger partial charge in [0.1, 0.15) is 5.92 Å². The van der Waals surface area contributed by atoms with Crippen molar-refractivity contribution < 1.29 is 23.9 Å². The summed E-state index contributed by atoms with van der Waals surface area (Å²) in [4.78, 5) is 35.5. The molecule has 0 bridgehead atoms. The third kappa shape index (κ3) is 4.20. The van der Waals surface area contributed by atoms with E-state index in [0.29, 0.717) is 6.54 Å². The molecule has 1 heterocycles. The number of nitrogens with zero attached hydrogens (tertiary/aromatic N) is 1. The van der Waals surface area contributed by atoms with Gasteiger partial charge in [0.15, 0.2) is 5.78 Å². The first-order valence-corrected chi connectivity index (χ1v) is 5.62. The molecule has 0 aliphatic carbocycles. The van der Waals surface area contributed by atoms with Crippen molar-refractivity contribution in [1.82, 2.24) is 4.90 Å². The van der Waals surface area contributed by atoms with E-state index in [1.165, 1.54) is 12.0 Å². The van der Waals surface area contributed by atoms with Crippen LogP contribution in [0, 0.1) is 5.92 Å². The predicted octanol–water partition coefficient (Wildman–Crippen LogP) is 1.01. The van der Waals surface area contributed by atoms with Crippen molar-refractivity contribution in [2.75, 3.05) is 26.8 Å². The van der Waals surface area contributed by atoms with Gasteiger partial charge in [-0.1, -0.05) is 0 Å². The average Bonchev–Trinajstić information content (AvgIpc) is 2.41. The standard InChI is InChI=1S/C10H15NO5.C2H4/c1-3-16-9(13)7-6-11(10(14)15-2)5-4-8(7)12;1-2/h7H,3-6H2,1-2H3;1-2H2. The van der Waals surface area contributed by atoms with Gasteiger partial charge < -0.3 is 14.4 Å². The Balaban J connectivity index is 0.00000137. The largest absolute Gasteiger partial charge is 0.465 e. The van der Waals surface area contributed by atoms with E-state index in [4.69, 9.17) is 4.74 Å². The van der Waals surface area contributed by atoms with Crippen molar-refractivity contribution in [2.45, 2.75) is 13.3 Å².